The highest BCUT2D eigenvalue weighted by molar-refractivity contribution is 5.96. The predicted octanol–water partition coefficient (Wildman–Crippen LogP) is 2.43. The first-order chi connectivity index (χ1) is 16.4. The highest BCUT2D eigenvalue weighted by Crippen LogP contribution is 2.48. The van der Waals surface area contributed by atoms with Gasteiger partial charge in [0.2, 0.25) is 0 Å². The van der Waals surface area contributed by atoms with Gasteiger partial charge in [-0.25, -0.2) is 4.79 Å². The van der Waals surface area contributed by atoms with Crippen LogP contribution in [-0.2, 0) is 5.41 Å². The number of benzene rings is 1. The topological polar surface area (TPSA) is 111 Å². The molecule has 0 bridgehead atoms. The molecule has 178 valence electrons. The van der Waals surface area contributed by atoms with Crippen LogP contribution in [0.4, 0.5) is 4.79 Å². The molecule has 3 aromatic rings. The molecule has 1 spiro atoms. The van der Waals surface area contributed by atoms with Crippen LogP contribution < -0.4 is 10.1 Å². The number of aliphatic hydroxyl groups excluding tert-OH is 1. The molecule has 3 N–H and O–H groups in total. The molecule has 34 heavy (non-hydrogen) atoms. The second kappa shape index (κ2) is 8.32. The van der Waals surface area contributed by atoms with Crippen molar-refractivity contribution in [3.05, 3.63) is 59.5 Å². The van der Waals surface area contributed by atoms with Crippen LogP contribution in [0, 0.1) is 0 Å². The maximum Gasteiger partial charge on any atom is 0.318 e. The Kier molecular flexibility index (Phi) is 5.44. The van der Waals surface area contributed by atoms with Gasteiger partial charge in [-0.2, -0.15) is 0 Å². The van der Waals surface area contributed by atoms with Gasteiger partial charge in [-0.3, -0.25) is 9.78 Å². The number of H-pyrrole nitrogens is 1. The summed E-state index contributed by atoms with van der Waals surface area (Å²) in [5.41, 5.74) is 2.85. The van der Waals surface area contributed by atoms with E-state index < -0.39 is 11.5 Å². The lowest BCUT2D eigenvalue weighted by molar-refractivity contribution is 0.0119. The Labute approximate surface area is 197 Å². The summed E-state index contributed by atoms with van der Waals surface area (Å²) in [5.74, 6) is 0.640. The Bertz CT molecular complexity index is 1230. The van der Waals surface area contributed by atoms with Crippen molar-refractivity contribution in [1.29, 1.82) is 0 Å². The molecule has 1 fully saturated rings. The van der Waals surface area contributed by atoms with Gasteiger partial charge in [0, 0.05) is 60.7 Å². The standard InChI is InChI=1S/C25H29N5O4/c1-15(2)27-24(33)30-14-25(12-29(13-25)23(32)16-5-4-8-26-10-16)21-18-7-6-17(34-3)9-19(18)28-22(21)20(30)11-31/h4-10,15,20,28,31H,11-14H2,1-3H3,(H,27,33)/t20-/m0/s1. The number of pyridine rings is 1. The quantitative estimate of drug-likeness (QED) is 0.550. The minimum absolute atomic E-state index is 0.0405. The third-order valence-electron chi connectivity index (χ3n) is 6.78. The normalized spacial score (nSPS) is 18.7. The van der Waals surface area contributed by atoms with E-state index in [0.29, 0.717) is 25.2 Å². The molecule has 2 aliphatic heterocycles. The molecule has 0 saturated carbocycles. The molecule has 5 rings (SSSR count). The molecule has 0 aliphatic carbocycles. The number of amides is 3. The molecule has 9 heteroatoms. The molecule has 2 aliphatic rings. The first-order valence-corrected chi connectivity index (χ1v) is 11.4. The van der Waals surface area contributed by atoms with Crippen molar-refractivity contribution >= 4 is 22.8 Å². The second-order valence-corrected chi connectivity index (χ2v) is 9.44. The number of carbonyl (C=O) groups excluding carboxylic acids is 2. The zero-order valence-electron chi connectivity index (χ0n) is 19.5. The molecule has 2 aromatic heterocycles. The number of ether oxygens (including phenoxy) is 1. The Morgan fingerprint density at radius 3 is 2.74 bits per heavy atom. The summed E-state index contributed by atoms with van der Waals surface area (Å²) in [6.07, 6.45) is 3.21. The highest BCUT2D eigenvalue weighted by atomic mass is 16.5. The lowest BCUT2D eigenvalue weighted by Crippen LogP contribution is -2.68. The van der Waals surface area contributed by atoms with Crippen molar-refractivity contribution in [2.75, 3.05) is 33.4 Å². The van der Waals surface area contributed by atoms with E-state index in [1.54, 1.807) is 41.4 Å². The maximum absolute atomic E-state index is 13.1. The molecule has 9 nitrogen and oxygen atoms in total. The number of fused-ring (bicyclic) bond motifs is 4. The number of carbonyl (C=O) groups is 2. The lowest BCUT2D eigenvalue weighted by Gasteiger charge is -2.56. The Morgan fingerprint density at radius 2 is 2.09 bits per heavy atom. The molecule has 0 unspecified atom stereocenters. The van der Waals surface area contributed by atoms with E-state index in [9.17, 15) is 14.7 Å². The molecule has 0 radical (unpaired) electrons. The summed E-state index contributed by atoms with van der Waals surface area (Å²) >= 11 is 0. The SMILES string of the molecule is COc1ccc2c3c([nH]c2c1)[C@H](CO)N(C(=O)NC(C)C)CC31CN(C(=O)c2cccnc2)C1. The summed E-state index contributed by atoms with van der Waals surface area (Å²) in [7, 11) is 1.62. The van der Waals surface area contributed by atoms with E-state index in [4.69, 9.17) is 4.74 Å². The lowest BCUT2D eigenvalue weighted by atomic mass is 9.68. The van der Waals surface area contributed by atoms with Gasteiger partial charge < -0.3 is 29.9 Å². The highest BCUT2D eigenvalue weighted by Gasteiger charge is 2.55. The maximum atomic E-state index is 13.1. The van der Waals surface area contributed by atoms with Gasteiger partial charge in [-0.1, -0.05) is 0 Å². The van der Waals surface area contributed by atoms with Gasteiger partial charge in [0.1, 0.15) is 5.75 Å². The van der Waals surface area contributed by atoms with E-state index in [1.165, 1.54) is 0 Å². The fraction of sp³-hybridized carbons (Fsp3) is 0.400. The van der Waals surface area contributed by atoms with Crippen molar-refractivity contribution in [1.82, 2.24) is 25.1 Å². The van der Waals surface area contributed by atoms with Crippen molar-refractivity contribution in [2.24, 2.45) is 0 Å². The molecule has 1 atom stereocenters. The zero-order chi connectivity index (χ0) is 24.0. The minimum Gasteiger partial charge on any atom is -0.497 e. The van der Waals surface area contributed by atoms with Gasteiger partial charge in [-0.15, -0.1) is 0 Å². The van der Waals surface area contributed by atoms with Gasteiger partial charge in [0.05, 0.1) is 30.7 Å². The number of nitrogens with one attached hydrogen (secondary N) is 2. The van der Waals surface area contributed by atoms with Crippen LogP contribution in [0.1, 0.15) is 41.5 Å². The first-order valence-electron chi connectivity index (χ1n) is 11.4. The van der Waals surface area contributed by atoms with Crippen LogP contribution in [-0.4, -0.2) is 76.2 Å². The second-order valence-electron chi connectivity index (χ2n) is 9.44. The van der Waals surface area contributed by atoms with Crippen LogP contribution in [0.3, 0.4) is 0 Å². The summed E-state index contributed by atoms with van der Waals surface area (Å²) in [6.45, 7) is 4.94. The third kappa shape index (κ3) is 3.47. The number of nitrogens with zero attached hydrogens (tertiary/aromatic N) is 3. The summed E-state index contributed by atoms with van der Waals surface area (Å²) < 4.78 is 5.40. The fourth-order valence-corrected chi connectivity index (χ4v) is 5.31. The Balaban J connectivity index is 1.57. The first kappa shape index (κ1) is 22.2. The number of hydrogen-bond acceptors (Lipinski definition) is 5. The van der Waals surface area contributed by atoms with Crippen molar-refractivity contribution < 1.29 is 19.4 Å². The predicted molar refractivity (Wildman–Crippen MR) is 127 cm³/mol. The number of aliphatic hydroxyl groups is 1. The van der Waals surface area contributed by atoms with Gasteiger partial charge in [0.15, 0.2) is 0 Å². The van der Waals surface area contributed by atoms with E-state index in [1.807, 2.05) is 32.0 Å². The van der Waals surface area contributed by atoms with E-state index in [0.717, 1.165) is 27.9 Å². The van der Waals surface area contributed by atoms with Crippen LogP contribution in [0.2, 0.25) is 0 Å². The number of urea groups is 1. The number of rotatable bonds is 4. The van der Waals surface area contributed by atoms with E-state index in [2.05, 4.69) is 15.3 Å². The molecule has 1 saturated heterocycles. The van der Waals surface area contributed by atoms with Gasteiger partial charge in [-0.05, 0) is 43.7 Å². The number of methoxy groups -OCH3 is 1. The summed E-state index contributed by atoms with van der Waals surface area (Å²) in [4.78, 5) is 37.2. The average molecular weight is 464 g/mol. The smallest absolute Gasteiger partial charge is 0.318 e. The monoisotopic (exact) mass is 463 g/mol. The van der Waals surface area contributed by atoms with Crippen LogP contribution in [0.15, 0.2) is 42.7 Å². The largest absolute Gasteiger partial charge is 0.497 e. The van der Waals surface area contributed by atoms with Crippen LogP contribution in [0.5, 0.6) is 5.75 Å². The third-order valence-corrected chi connectivity index (χ3v) is 6.78. The number of aromatic nitrogens is 2. The van der Waals surface area contributed by atoms with Crippen LogP contribution in [0.25, 0.3) is 10.9 Å². The minimum atomic E-state index is -0.513. The van der Waals surface area contributed by atoms with E-state index in [-0.39, 0.29) is 24.6 Å². The van der Waals surface area contributed by atoms with Crippen molar-refractivity contribution in [3.8, 4) is 5.75 Å². The van der Waals surface area contributed by atoms with Gasteiger partial charge in [0.25, 0.3) is 5.91 Å². The Hall–Kier alpha value is -3.59. The van der Waals surface area contributed by atoms with E-state index >= 15 is 0 Å². The van der Waals surface area contributed by atoms with Crippen molar-refractivity contribution in [3.63, 3.8) is 0 Å². The zero-order valence-corrected chi connectivity index (χ0v) is 19.5. The molecule has 3 amide bonds. The molecular weight excluding hydrogens is 434 g/mol. The number of hydrogen-bond donors (Lipinski definition) is 3. The van der Waals surface area contributed by atoms with Crippen molar-refractivity contribution in [2.45, 2.75) is 31.3 Å². The van der Waals surface area contributed by atoms with Gasteiger partial charge >= 0.3 is 6.03 Å². The fourth-order valence-electron chi connectivity index (χ4n) is 5.31. The molecule has 4 heterocycles. The number of likely N-dealkylation sites (tertiary alicyclic amines) is 1. The molecule has 1 aromatic carbocycles. The Morgan fingerprint density at radius 1 is 1.29 bits per heavy atom. The number of aromatic amines is 1. The summed E-state index contributed by atoms with van der Waals surface area (Å²) in [5, 5.41) is 14.3. The summed E-state index contributed by atoms with van der Waals surface area (Å²) in [6, 6.07) is 8.57. The van der Waals surface area contributed by atoms with Crippen LogP contribution >= 0.6 is 0 Å². The average Bonchev–Trinajstić information content (AvgIpc) is 3.20. The molecular formula is C25H29N5O4.